The molecule has 3 heterocycles. The van der Waals surface area contributed by atoms with Crippen molar-refractivity contribution in [3.8, 4) is 28.6 Å². The van der Waals surface area contributed by atoms with E-state index in [4.69, 9.17) is 9.47 Å². The molecule has 5 rings (SSSR count). The van der Waals surface area contributed by atoms with Crippen molar-refractivity contribution in [3.05, 3.63) is 89.2 Å². The van der Waals surface area contributed by atoms with Gasteiger partial charge in [0.15, 0.2) is 5.82 Å². The van der Waals surface area contributed by atoms with E-state index in [1.165, 1.54) is 73.6 Å². The molecule has 0 bridgehead atoms. The van der Waals surface area contributed by atoms with Gasteiger partial charge in [0.05, 0.1) is 36.0 Å². The number of methoxy groups -OCH3 is 2. The quantitative estimate of drug-likeness (QED) is 0.340. The highest BCUT2D eigenvalue weighted by Gasteiger charge is 2.20. The average Bonchev–Trinajstić information content (AvgIpc) is 3.40. The van der Waals surface area contributed by atoms with Crippen LogP contribution in [0.2, 0.25) is 0 Å². The first-order valence-electron chi connectivity index (χ1n) is 10.8. The third-order valence-corrected chi connectivity index (χ3v) is 6.92. The molecule has 3 aromatic heterocycles. The lowest BCUT2D eigenvalue weighted by atomic mass is 10.1. The largest absolute Gasteiger partial charge is 0.495 e. The molecule has 10 nitrogen and oxygen atoms in total. The maximum absolute atomic E-state index is 15.4. The molecule has 5 aromatic rings. The van der Waals surface area contributed by atoms with Crippen molar-refractivity contribution in [2.24, 2.45) is 0 Å². The Balaban J connectivity index is 1.64. The Labute approximate surface area is 209 Å². The van der Waals surface area contributed by atoms with Crippen LogP contribution in [0.25, 0.3) is 27.8 Å². The molecule has 0 spiro atoms. The molecule has 37 heavy (non-hydrogen) atoms. The molecule has 0 saturated heterocycles. The number of ether oxygens (including phenoxy) is 2. The SMILES string of the molecule is COc1cccc(-c2cc(OC)c(-n3c(=O)ccc4cc(S(=O)(=O)Nc5ccon5)ccc43)cc2F)n1. The van der Waals surface area contributed by atoms with Gasteiger partial charge < -0.3 is 14.0 Å². The van der Waals surface area contributed by atoms with Gasteiger partial charge in [0.2, 0.25) is 5.88 Å². The van der Waals surface area contributed by atoms with E-state index in [0.717, 1.165) is 0 Å². The van der Waals surface area contributed by atoms with Gasteiger partial charge in [-0.25, -0.2) is 17.8 Å². The molecular weight excluding hydrogens is 503 g/mol. The summed E-state index contributed by atoms with van der Waals surface area (Å²) in [4.78, 5) is 17.2. The van der Waals surface area contributed by atoms with Gasteiger partial charge in [0.1, 0.15) is 17.8 Å². The lowest BCUT2D eigenvalue weighted by Gasteiger charge is -2.16. The molecule has 0 aliphatic rings. The summed E-state index contributed by atoms with van der Waals surface area (Å²) in [5.74, 6) is -0.0959. The third kappa shape index (κ3) is 4.49. The number of hydrogen-bond donors (Lipinski definition) is 1. The number of nitrogens with zero attached hydrogens (tertiary/aromatic N) is 3. The summed E-state index contributed by atoms with van der Waals surface area (Å²) in [5.41, 5.74) is 0.492. The molecule has 0 fully saturated rings. The highest BCUT2D eigenvalue weighted by Crippen LogP contribution is 2.33. The van der Waals surface area contributed by atoms with E-state index < -0.39 is 21.4 Å². The van der Waals surface area contributed by atoms with Crippen molar-refractivity contribution < 1.29 is 26.8 Å². The van der Waals surface area contributed by atoms with Crippen molar-refractivity contribution in [2.75, 3.05) is 18.9 Å². The molecule has 12 heteroatoms. The minimum absolute atomic E-state index is 0.0240. The Bertz CT molecular complexity index is 1790. The van der Waals surface area contributed by atoms with Crippen molar-refractivity contribution in [3.63, 3.8) is 0 Å². The molecule has 1 N–H and O–H groups in total. The molecular formula is C25H19FN4O6S. The number of fused-ring (bicyclic) bond motifs is 1. The average molecular weight is 523 g/mol. The number of aromatic nitrogens is 3. The van der Waals surface area contributed by atoms with Gasteiger partial charge in [0, 0.05) is 35.2 Å². The number of anilines is 1. The Hall–Kier alpha value is -4.71. The van der Waals surface area contributed by atoms with Gasteiger partial charge in [0.25, 0.3) is 15.6 Å². The van der Waals surface area contributed by atoms with Gasteiger partial charge >= 0.3 is 0 Å². The summed E-state index contributed by atoms with van der Waals surface area (Å²) in [6.07, 6.45) is 1.24. The van der Waals surface area contributed by atoms with Gasteiger partial charge in [-0.15, -0.1) is 0 Å². The van der Waals surface area contributed by atoms with Crippen LogP contribution in [0.3, 0.4) is 0 Å². The summed E-state index contributed by atoms with van der Waals surface area (Å²) >= 11 is 0. The molecule has 0 atom stereocenters. The normalized spacial score (nSPS) is 11.4. The van der Waals surface area contributed by atoms with Crippen LogP contribution in [0, 0.1) is 5.82 Å². The van der Waals surface area contributed by atoms with E-state index in [9.17, 15) is 13.2 Å². The topological polar surface area (TPSA) is 126 Å². The Kier molecular flexibility index (Phi) is 6.09. The van der Waals surface area contributed by atoms with Crippen LogP contribution < -0.4 is 19.8 Å². The van der Waals surface area contributed by atoms with Crippen LogP contribution in [-0.4, -0.2) is 37.3 Å². The monoisotopic (exact) mass is 522 g/mol. The number of nitrogens with one attached hydrogen (secondary N) is 1. The van der Waals surface area contributed by atoms with Crippen molar-refractivity contribution in [1.82, 2.24) is 14.7 Å². The van der Waals surface area contributed by atoms with Crippen LogP contribution in [0.5, 0.6) is 11.6 Å². The zero-order chi connectivity index (χ0) is 26.2. The zero-order valence-corrected chi connectivity index (χ0v) is 20.3. The number of benzene rings is 2. The van der Waals surface area contributed by atoms with E-state index >= 15 is 4.39 Å². The summed E-state index contributed by atoms with van der Waals surface area (Å²) in [7, 11) is -1.13. The van der Waals surface area contributed by atoms with Crippen LogP contribution >= 0.6 is 0 Å². The minimum Gasteiger partial charge on any atom is -0.495 e. The van der Waals surface area contributed by atoms with Gasteiger partial charge in [-0.1, -0.05) is 11.2 Å². The highest BCUT2D eigenvalue weighted by atomic mass is 32.2. The number of sulfonamides is 1. The Morgan fingerprint density at radius 1 is 1.00 bits per heavy atom. The maximum Gasteiger partial charge on any atom is 0.263 e. The first-order valence-corrected chi connectivity index (χ1v) is 12.3. The number of hydrogen-bond acceptors (Lipinski definition) is 8. The summed E-state index contributed by atoms with van der Waals surface area (Å²) in [5, 5.41) is 3.97. The zero-order valence-electron chi connectivity index (χ0n) is 19.5. The minimum atomic E-state index is -3.99. The Morgan fingerprint density at radius 3 is 2.57 bits per heavy atom. The van der Waals surface area contributed by atoms with Crippen molar-refractivity contribution in [2.45, 2.75) is 4.90 Å². The second-order valence-corrected chi connectivity index (χ2v) is 9.47. The molecule has 0 aliphatic heterocycles. The van der Waals surface area contributed by atoms with Crippen molar-refractivity contribution in [1.29, 1.82) is 0 Å². The molecule has 0 aliphatic carbocycles. The lowest BCUT2D eigenvalue weighted by molar-refractivity contribution is 0.398. The second-order valence-electron chi connectivity index (χ2n) is 7.79. The summed E-state index contributed by atoms with van der Waals surface area (Å²) in [6.45, 7) is 0. The number of halogens is 1. The number of rotatable bonds is 7. The van der Waals surface area contributed by atoms with E-state index in [-0.39, 0.29) is 27.7 Å². The molecule has 188 valence electrons. The predicted molar refractivity (Wildman–Crippen MR) is 133 cm³/mol. The summed E-state index contributed by atoms with van der Waals surface area (Å²) < 4.78 is 59.8. The van der Waals surface area contributed by atoms with Crippen molar-refractivity contribution >= 4 is 26.7 Å². The van der Waals surface area contributed by atoms with E-state index in [1.54, 1.807) is 18.2 Å². The first kappa shape index (κ1) is 24.0. The fraction of sp³-hybridized carbons (Fsp3) is 0.0800. The third-order valence-electron chi connectivity index (χ3n) is 5.57. The second kappa shape index (κ2) is 9.39. The number of pyridine rings is 2. The van der Waals surface area contributed by atoms with Gasteiger partial charge in [-0.05, 0) is 36.4 Å². The fourth-order valence-corrected chi connectivity index (χ4v) is 4.89. The smallest absolute Gasteiger partial charge is 0.263 e. The lowest BCUT2D eigenvalue weighted by Crippen LogP contribution is -2.19. The van der Waals surface area contributed by atoms with Crippen LogP contribution in [0.15, 0.2) is 87.2 Å². The van der Waals surface area contributed by atoms with Crippen LogP contribution in [0.1, 0.15) is 0 Å². The standard InChI is InChI=1S/C25H19FN4O6S/c1-34-22-13-17(19-4-3-5-24(27-19)35-2)18(26)14-21(22)30-20-8-7-16(12-15(20)6-9-25(30)31)37(32,33)29-23-10-11-36-28-23/h3-14H,1-2H3,(H,28,29). The van der Waals surface area contributed by atoms with Gasteiger partial charge in [-0.2, -0.15) is 0 Å². The van der Waals surface area contributed by atoms with Gasteiger partial charge in [-0.3, -0.25) is 14.1 Å². The molecule has 0 saturated carbocycles. The highest BCUT2D eigenvalue weighted by molar-refractivity contribution is 7.92. The van der Waals surface area contributed by atoms with E-state index in [1.807, 2.05) is 0 Å². The summed E-state index contributed by atoms with van der Waals surface area (Å²) in [6, 6.07) is 15.9. The first-order chi connectivity index (χ1) is 17.8. The molecule has 0 unspecified atom stereocenters. The fourth-order valence-electron chi connectivity index (χ4n) is 3.86. The maximum atomic E-state index is 15.4. The van der Waals surface area contributed by atoms with Crippen LogP contribution in [-0.2, 0) is 10.0 Å². The molecule has 2 aromatic carbocycles. The molecule has 0 radical (unpaired) electrons. The van der Waals surface area contributed by atoms with E-state index in [2.05, 4.69) is 19.4 Å². The van der Waals surface area contributed by atoms with E-state index in [0.29, 0.717) is 22.5 Å². The van der Waals surface area contributed by atoms with Crippen LogP contribution in [0.4, 0.5) is 10.2 Å². The molecule has 0 amide bonds. The Morgan fingerprint density at radius 2 is 1.84 bits per heavy atom. The predicted octanol–water partition coefficient (Wildman–Crippen LogP) is 4.00.